The van der Waals surface area contributed by atoms with Gasteiger partial charge in [-0.25, -0.2) is 4.39 Å². The largest absolute Gasteiger partial charge is 0.495 e. The van der Waals surface area contributed by atoms with Crippen LogP contribution < -0.4 is 19.7 Å². The second-order valence-electron chi connectivity index (χ2n) is 11.5. The minimum absolute atomic E-state index is 0.0777. The minimum Gasteiger partial charge on any atom is -0.495 e. The molecule has 0 saturated carbocycles. The van der Waals surface area contributed by atoms with Gasteiger partial charge in [-0.15, -0.1) is 0 Å². The lowest BCUT2D eigenvalue weighted by Gasteiger charge is -2.40. The van der Waals surface area contributed by atoms with Crippen LogP contribution in [-0.4, -0.2) is 78.6 Å². The van der Waals surface area contributed by atoms with Crippen molar-refractivity contribution >= 4 is 23.4 Å². The first-order chi connectivity index (χ1) is 22.3. The number of benzene rings is 3. The Morgan fingerprint density at radius 3 is 2.57 bits per heavy atom. The lowest BCUT2D eigenvalue weighted by Crippen LogP contribution is -2.52. The van der Waals surface area contributed by atoms with Crippen LogP contribution in [0.5, 0.6) is 11.5 Å². The van der Waals surface area contributed by atoms with Gasteiger partial charge in [0.25, 0.3) is 5.91 Å². The predicted molar refractivity (Wildman–Crippen MR) is 165 cm³/mol. The van der Waals surface area contributed by atoms with Gasteiger partial charge >= 0.3 is 0 Å². The molecule has 2 saturated heterocycles. The van der Waals surface area contributed by atoms with Gasteiger partial charge in [-0.2, -0.15) is 5.26 Å². The van der Waals surface area contributed by atoms with Gasteiger partial charge in [-0.3, -0.25) is 24.6 Å². The fourth-order valence-electron chi connectivity index (χ4n) is 6.43. The van der Waals surface area contributed by atoms with E-state index >= 15 is 4.39 Å². The van der Waals surface area contributed by atoms with Gasteiger partial charge in [0.2, 0.25) is 11.8 Å². The number of piperazine rings is 1. The summed E-state index contributed by atoms with van der Waals surface area (Å²) in [6.45, 7) is 2.57. The van der Waals surface area contributed by atoms with Gasteiger partial charge in [-0.1, -0.05) is 18.2 Å². The Hall–Kier alpha value is -4.99. The van der Waals surface area contributed by atoms with E-state index in [4.69, 9.17) is 9.47 Å². The molecule has 0 radical (unpaired) electrons. The van der Waals surface area contributed by atoms with Gasteiger partial charge in [0.05, 0.1) is 31.9 Å². The van der Waals surface area contributed by atoms with E-state index in [0.29, 0.717) is 65.5 Å². The first-order valence-electron chi connectivity index (χ1n) is 15.2. The monoisotopic (exact) mass is 627 g/mol. The van der Waals surface area contributed by atoms with Crippen LogP contribution in [0.25, 0.3) is 0 Å². The Morgan fingerprint density at radius 2 is 1.87 bits per heavy atom. The number of fused-ring (bicyclic) bond motifs is 1. The molecular weight excluding hydrogens is 593 g/mol. The van der Waals surface area contributed by atoms with E-state index in [-0.39, 0.29) is 50.5 Å². The highest BCUT2D eigenvalue weighted by Gasteiger charge is 2.40. The van der Waals surface area contributed by atoms with E-state index in [1.54, 1.807) is 36.4 Å². The Balaban J connectivity index is 1.09. The van der Waals surface area contributed by atoms with Crippen molar-refractivity contribution in [3.8, 4) is 17.6 Å². The second-order valence-corrected chi connectivity index (χ2v) is 11.5. The predicted octanol–water partition coefficient (Wildman–Crippen LogP) is 2.90. The Bertz CT molecular complexity index is 1720. The first-order valence-corrected chi connectivity index (χ1v) is 15.2. The molecule has 3 aliphatic heterocycles. The van der Waals surface area contributed by atoms with Crippen LogP contribution in [0.1, 0.15) is 51.5 Å². The van der Waals surface area contributed by atoms with Crippen molar-refractivity contribution in [1.29, 1.82) is 5.26 Å². The summed E-state index contributed by atoms with van der Waals surface area (Å²) in [5, 5.41) is 21.8. The summed E-state index contributed by atoms with van der Waals surface area (Å²) in [5.41, 5.74) is 3.44. The maximum Gasteiger partial charge on any atom is 0.255 e. The number of amides is 3. The third-order valence-corrected chi connectivity index (χ3v) is 8.98. The standard InChI is InChI=1S/C34H34FN5O6/c1-45-31-16-24(8-7-22(31)17-36)38-11-13-39(14-12-38)29(19-41)21-5-6-23(27(35)15-21)20-46-30-4-2-3-25-26(30)18-40(34(25)44)28-9-10-32(42)37-33(28)43/h2-8,15-16,28-29,41H,9-14,18-20H2,1H3,(H,37,42,43)/t28-,29+/m0/s1. The van der Waals surface area contributed by atoms with E-state index in [1.807, 2.05) is 12.1 Å². The van der Waals surface area contributed by atoms with Crippen LogP contribution in [0.4, 0.5) is 10.1 Å². The molecule has 2 atom stereocenters. The number of methoxy groups -OCH3 is 1. The molecule has 0 aliphatic carbocycles. The molecule has 0 bridgehead atoms. The van der Waals surface area contributed by atoms with Crippen LogP contribution in [0.15, 0.2) is 54.6 Å². The SMILES string of the molecule is COc1cc(N2CCN([C@H](CO)c3ccc(COc4cccc5c4CN([C@H]4CCC(=O)NC4=O)C5=O)c(F)c3)CC2)ccc1C#N. The summed E-state index contributed by atoms with van der Waals surface area (Å²) in [5.74, 6) is -0.663. The van der Waals surface area contributed by atoms with Crippen molar-refractivity contribution in [1.82, 2.24) is 15.1 Å². The highest BCUT2D eigenvalue weighted by Crippen LogP contribution is 2.34. The number of carbonyl (C=O) groups is 3. The van der Waals surface area contributed by atoms with Crippen molar-refractivity contribution in [2.24, 2.45) is 0 Å². The number of ether oxygens (including phenoxy) is 2. The number of nitrogens with zero attached hydrogens (tertiary/aromatic N) is 4. The lowest BCUT2D eigenvalue weighted by molar-refractivity contribution is -0.136. The zero-order valence-electron chi connectivity index (χ0n) is 25.4. The van der Waals surface area contributed by atoms with Crippen molar-refractivity contribution in [3.63, 3.8) is 0 Å². The lowest BCUT2D eigenvalue weighted by atomic mass is 10.0. The summed E-state index contributed by atoms with van der Waals surface area (Å²) in [7, 11) is 1.54. The first kappa shape index (κ1) is 31.0. The van der Waals surface area contributed by atoms with E-state index in [2.05, 4.69) is 21.2 Å². The fraction of sp³-hybridized carbons (Fsp3) is 0.353. The van der Waals surface area contributed by atoms with Crippen molar-refractivity contribution in [3.05, 3.63) is 88.2 Å². The minimum atomic E-state index is -0.739. The second kappa shape index (κ2) is 13.2. The topological polar surface area (TPSA) is 135 Å². The van der Waals surface area contributed by atoms with Crippen molar-refractivity contribution in [2.75, 3.05) is 44.8 Å². The smallest absolute Gasteiger partial charge is 0.255 e. The van der Waals surface area contributed by atoms with Crippen LogP contribution in [0, 0.1) is 17.1 Å². The molecule has 238 valence electrons. The molecule has 46 heavy (non-hydrogen) atoms. The number of hydrogen-bond donors (Lipinski definition) is 2. The van der Waals surface area contributed by atoms with Crippen molar-refractivity contribution < 1.29 is 33.4 Å². The molecule has 0 aromatic heterocycles. The molecule has 3 aliphatic rings. The zero-order chi connectivity index (χ0) is 32.4. The number of hydrogen-bond acceptors (Lipinski definition) is 9. The molecule has 2 N–H and O–H groups in total. The summed E-state index contributed by atoms with van der Waals surface area (Å²) in [4.78, 5) is 42.8. The van der Waals surface area contributed by atoms with Crippen LogP contribution in [0.2, 0.25) is 0 Å². The molecule has 6 rings (SSSR count). The van der Waals surface area contributed by atoms with Crippen LogP contribution in [-0.2, 0) is 22.7 Å². The van der Waals surface area contributed by atoms with Gasteiger partial charge < -0.3 is 24.4 Å². The Kier molecular flexibility index (Phi) is 8.87. The third-order valence-electron chi connectivity index (χ3n) is 8.98. The van der Waals surface area contributed by atoms with Crippen LogP contribution in [0.3, 0.4) is 0 Å². The van der Waals surface area contributed by atoms with E-state index in [1.165, 1.54) is 18.1 Å². The number of nitrogens with one attached hydrogen (secondary N) is 1. The van der Waals surface area contributed by atoms with E-state index in [9.17, 15) is 24.8 Å². The average molecular weight is 628 g/mol. The summed E-state index contributed by atoms with van der Waals surface area (Å²) in [6.07, 6.45) is 0.422. The van der Waals surface area contributed by atoms with Crippen LogP contribution >= 0.6 is 0 Å². The number of piperidine rings is 1. The fourth-order valence-corrected chi connectivity index (χ4v) is 6.43. The normalized spacial score (nSPS) is 19.0. The van der Waals surface area contributed by atoms with Crippen molar-refractivity contribution in [2.45, 2.75) is 38.1 Å². The van der Waals surface area contributed by atoms with E-state index < -0.39 is 17.8 Å². The molecule has 3 aromatic carbocycles. The quantitative estimate of drug-likeness (QED) is 0.344. The number of aliphatic hydroxyl groups excluding tert-OH is 1. The highest BCUT2D eigenvalue weighted by molar-refractivity contribution is 6.05. The van der Waals surface area contributed by atoms with Gasteiger partial charge in [0.15, 0.2) is 0 Å². The number of imide groups is 1. The van der Waals surface area contributed by atoms with Gasteiger partial charge in [0.1, 0.15) is 36.0 Å². The number of anilines is 1. The maximum absolute atomic E-state index is 15.4. The highest BCUT2D eigenvalue weighted by atomic mass is 19.1. The Morgan fingerprint density at radius 1 is 1.07 bits per heavy atom. The molecule has 11 nitrogen and oxygen atoms in total. The number of carbonyl (C=O) groups excluding carboxylic acids is 3. The zero-order valence-corrected chi connectivity index (χ0v) is 25.4. The number of halogens is 1. The molecule has 3 aromatic rings. The third kappa shape index (κ3) is 5.99. The van der Waals surface area contributed by atoms with Gasteiger partial charge in [0, 0.05) is 61.0 Å². The molecule has 3 amide bonds. The molecule has 12 heteroatoms. The maximum atomic E-state index is 15.4. The Labute approximate surface area is 265 Å². The molecule has 3 heterocycles. The molecule has 0 spiro atoms. The molecule has 0 unspecified atom stereocenters. The molecular formula is C34H34FN5O6. The van der Waals surface area contributed by atoms with E-state index in [0.717, 1.165) is 5.69 Å². The molecule has 2 fully saturated rings. The summed E-state index contributed by atoms with van der Waals surface area (Å²) < 4.78 is 26.7. The summed E-state index contributed by atoms with van der Waals surface area (Å²) >= 11 is 0. The summed E-state index contributed by atoms with van der Waals surface area (Å²) in [6, 6.07) is 16.4. The number of nitriles is 1. The number of aliphatic hydroxyl groups is 1. The number of rotatable bonds is 9. The average Bonchev–Trinajstić information content (AvgIpc) is 3.41. The van der Waals surface area contributed by atoms with Gasteiger partial charge in [-0.05, 0) is 42.3 Å².